The lowest BCUT2D eigenvalue weighted by Crippen LogP contribution is -2.20. The number of carbonyl (C=O) groups excluding carboxylic acids is 1. The maximum atomic E-state index is 12.0. The molecule has 1 atom stereocenters. The second-order valence-electron chi connectivity index (χ2n) is 5.12. The number of amides is 1. The number of nitrogen functional groups attached to an aromatic ring is 1. The highest BCUT2D eigenvalue weighted by molar-refractivity contribution is 5.94. The van der Waals surface area contributed by atoms with E-state index in [1.807, 2.05) is 0 Å². The molecule has 1 amide bonds. The van der Waals surface area contributed by atoms with E-state index in [2.05, 4.69) is 26.1 Å². The molecule has 0 aliphatic rings. The van der Waals surface area contributed by atoms with Gasteiger partial charge >= 0.3 is 0 Å². The van der Waals surface area contributed by atoms with Gasteiger partial charge in [-0.1, -0.05) is 27.2 Å². The summed E-state index contributed by atoms with van der Waals surface area (Å²) in [5.41, 5.74) is 7.01. The number of halogens is 1. The van der Waals surface area contributed by atoms with Crippen LogP contribution >= 0.6 is 12.4 Å². The molecule has 0 aromatic heterocycles. The number of ether oxygens (including phenoxy) is 1. The maximum Gasteiger partial charge on any atom is 0.224 e. The molecule has 0 bridgehead atoms. The third-order valence-corrected chi connectivity index (χ3v) is 3.45. The smallest absolute Gasteiger partial charge is 0.224 e. The van der Waals surface area contributed by atoms with Crippen molar-refractivity contribution in [1.82, 2.24) is 0 Å². The first kappa shape index (κ1) is 18.6. The highest BCUT2D eigenvalue weighted by Gasteiger charge is 2.16. The second-order valence-corrected chi connectivity index (χ2v) is 5.12. The Labute approximate surface area is 127 Å². The first-order valence-corrected chi connectivity index (χ1v) is 6.71. The average Bonchev–Trinajstić information content (AvgIpc) is 2.38. The maximum absolute atomic E-state index is 12.0. The molecular weight excluding hydrogens is 276 g/mol. The van der Waals surface area contributed by atoms with E-state index in [0.29, 0.717) is 35.4 Å². The van der Waals surface area contributed by atoms with Gasteiger partial charge in [-0.25, -0.2) is 0 Å². The van der Waals surface area contributed by atoms with Crippen LogP contribution in [0.3, 0.4) is 0 Å². The lowest BCUT2D eigenvalue weighted by atomic mass is 9.90. The van der Waals surface area contributed by atoms with Gasteiger partial charge in [-0.2, -0.15) is 0 Å². The molecule has 3 N–H and O–H groups in total. The lowest BCUT2D eigenvalue weighted by Gasteiger charge is -2.18. The topological polar surface area (TPSA) is 64.3 Å². The van der Waals surface area contributed by atoms with Crippen molar-refractivity contribution in [3.8, 4) is 5.75 Å². The Kier molecular flexibility index (Phi) is 8.07. The molecule has 114 valence electrons. The fourth-order valence-electron chi connectivity index (χ4n) is 2.06. The van der Waals surface area contributed by atoms with Gasteiger partial charge in [0.25, 0.3) is 0 Å². The van der Waals surface area contributed by atoms with Gasteiger partial charge in [0.2, 0.25) is 5.91 Å². The minimum Gasteiger partial charge on any atom is -0.497 e. The van der Waals surface area contributed by atoms with E-state index >= 15 is 0 Å². The van der Waals surface area contributed by atoms with E-state index in [9.17, 15) is 4.79 Å². The lowest BCUT2D eigenvalue weighted by molar-refractivity contribution is -0.117. The zero-order chi connectivity index (χ0) is 14.4. The van der Waals surface area contributed by atoms with Crippen LogP contribution in [-0.2, 0) is 4.79 Å². The van der Waals surface area contributed by atoms with Crippen LogP contribution in [0.1, 0.15) is 33.6 Å². The van der Waals surface area contributed by atoms with E-state index < -0.39 is 0 Å². The SMILES string of the molecule is CCC(CC(=O)Nc1cc(OC)ccc1N)C(C)C.Cl. The van der Waals surface area contributed by atoms with Crippen LogP contribution in [-0.4, -0.2) is 13.0 Å². The van der Waals surface area contributed by atoms with Gasteiger partial charge in [-0.3, -0.25) is 4.79 Å². The van der Waals surface area contributed by atoms with Crippen LogP contribution in [0.25, 0.3) is 0 Å². The van der Waals surface area contributed by atoms with Crippen LogP contribution in [0.4, 0.5) is 11.4 Å². The van der Waals surface area contributed by atoms with Gasteiger partial charge in [0.1, 0.15) is 5.75 Å². The normalized spacial score (nSPS) is 11.7. The van der Waals surface area contributed by atoms with E-state index in [1.165, 1.54) is 0 Å². The molecule has 0 saturated carbocycles. The van der Waals surface area contributed by atoms with Crippen molar-refractivity contribution in [1.29, 1.82) is 0 Å². The van der Waals surface area contributed by atoms with Gasteiger partial charge in [-0.15, -0.1) is 12.4 Å². The summed E-state index contributed by atoms with van der Waals surface area (Å²) in [4.78, 5) is 12.0. The highest BCUT2D eigenvalue weighted by Crippen LogP contribution is 2.25. The molecule has 0 aliphatic carbocycles. The molecule has 1 rings (SSSR count). The third-order valence-electron chi connectivity index (χ3n) is 3.45. The summed E-state index contributed by atoms with van der Waals surface area (Å²) in [6.45, 7) is 6.39. The minimum absolute atomic E-state index is 0. The molecule has 1 aromatic rings. The van der Waals surface area contributed by atoms with Crippen molar-refractivity contribution in [2.75, 3.05) is 18.2 Å². The summed E-state index contributed by atoms with van der Waals surface area (Å²) < 4.78 is 5.13. The van der Waals surface area contributed by atoms with E-state index in [-0.39, 0.29) is 18.3 Å². The number of nitrogens with two attached hydrogens (primary N) is 1. The Morgan fingerprint density at radius 2 is 2.05 bits per heavy atom. The number of carbonyl (C=O) groups is 1. The summed E-state index contributed by atoms with van der Waals surface area (Å²) in [7, 11) is 1.59. The third kappa shape index (κ3) is 5.29. The molecule has 0 radical (unpaired) electrons. The largest absolute Gasteiger partial charge is 0.497 e. The summed E-state index contributed by atoms with van der Waals surface area (Å²) in [6, 6.07) is 5.24. The summed E-state index contributed by atoms with van der Waals surface area (Å²) in [6.07, 6.45) is 1.52. The Hall–Kier alpha value is -1.42. The minimum atomic E-state index is 0. The van der Waals surface area contributed by atoms with Crippen molar-refractivity contribution in [3.63, 3.8) is 0 Å². The van der Waals surface area contributed by atoms with Crippen LogP contribution in [0.2, 0.25) is 0 Å². The predicted octanol–water partition coefficient (Wildman–Crippen LogP) is 3.71. The summed E-state index contributed by atoms with van der Waals surface area (Å²) >= 11 is 0. The van der Waals surface area contributed by atoms with Crippen LogP contribution in [0.15, 0.2) is 18.2 Å². The van der Waals surface area contributed by atoms with Crippen LogP contribution in [0, 0.1) is 11.8 Å². The molecule has 4 nitrogen and oxygen atoms in total. The van der Waals surface area contributed by atoms with Crippen LogP contribution < -0.4 is 15.8 Å². The molecule has 20 heavy (non-hydrogen) atoms. The second kappa shape index (κ2) is 8.69. The number of hydrogen-bond donors (Lipinski definition) is 2. The van der Waals surface area contributed by atoms with Gasteiger partial charge < -0.3 is 15.8 Å². The Morgan fingerprint density at radius 1 is 1.40 bits per heavy atom. The van der Waals surface area contributed by atoms with Gasteiger partial charge in [0.15, 0.2) is 0 Å². The number of nitrogens with one attached hydrogen (secondary N) is 1. The number of anilines is 2. The van der Waals surface area contributed by atoms with Crippen molar-refractivity contribution in [2.24, 2.45) is 11.8 Å². The van der Waals surface area contributed by atoms with E-state index in [0.717, 1.165) is 6.42 Å². The number of benzene rings is 1. The number of hydrogen-bond acceptors (Lipinski definition) is 3. The van der Waals surface area contributed by atoms with Crippen LogP contribution in [0.5, 0.6) is 5.75 Å². The zero-order valence-corrected chi connectivity index (χ0v) is 13.4. The highest BCUT2D eigenvalue weighted by atomic mass is 35.5. The Morgan fingerprint density at radius 3 is 2.55 bits per heavy atom. The molecular formula is C15H25ClN2O2. The molecule has 1 unspecified atom stereocenters. The Bertz CT molecular complexity index is 436. The first-order valence-electron chi connectivity index (χ1n) is 6.71. The fourth-order valence-corrected chi connectivity index (χ4v) is 2.06. The van der Waals surface area contributed by atoms with Gasteiger partial charge in [-0.05, 0) is 24.0 Å². The van der Waals surface area contributed by atoms with E-state index in [1.54, 1.807) is 25.3 Å². The summed E-state index contributed by atoms with van der Waals surface area (Å²) in [5.74, 6) is 1.58. The van der Waals surface area contributed by atoms with Gasteiger partial charge in [0.05, 0.1) is 18.5 Å². The quantitative estimate of drug-likeness (QED) is 0.787. The average molecular weight is 301 g/mol. The van der Waals surface area contributed by atoms with Crippen molar-refractivity contribution < 1.29 is 9.53 Å². The number of methoxy groups -OCH3 is 1. The van der Waals surface area contributed by atoms with Crippen molar-refractivity contribution in [3.05, 3.63) is 18.2 Å². The van der Waals surface area contributed by atoms with E-state index in [4.69, 9.17) is 10.5 Å². The molecule has 0 saturated heterocycles. The zero-order valence-electron chi connectivity index (χ0n) is 12.6. The first-order chi connectivity index (χ1) is 8.97. The van der Waals surface area contributed by atoms with Crippen molar-refractivity contribution >= 4 is 29.7 Å². The molecule has 0 fully saturated rings. The summed E-state index contributed by atoms with van der Waals surface area (Å²) in [5, 5.41) is 2.86. The van der Waals surface area contributed by atoms with Crippen molar-refractivity contribution in [2.45, 2.75) is 33.6 Å². The van der Waals surface area contributed by atoms with Gasteiger partial charge in [0, 0.05) is 12.5 Å². The monoisotopic (exact) mass is 300 g/mol. The molecule has 0 aliphatic heterocycles. The Balaban J connectivity index is 0.00000361. The molecule has 1 aromatic carbocycles. The predicted molar refractivity (Wildman–Crippen MR) is 86.5 cm³/mol. The molecule has 0 heterocycles. The molecule has 5 heteroatoms. The molecule has 0 spiro atoms. The fraction of sp³-hybridized carbons (Fsp3) is 0.533. The number of rotatable bonds is 6. The standard InChI is InChI=1S/C15H24N2O2.ClH/c1-5-11(10(2)3)8-15(18)17-14-9-12(19-4)6-7-13(14)16;/h6-7,9-11H,5,8,16H2,1-4H3,(H,17,18);1H.